The Kier molecular flexibility index (Phi) is 8.79. The summed E-state index contributed by atoms with van der Waals surface area (Å²) in [7, 11) is 1.59. The lowest BCUT2D eigenvalue weighted by molar-refractivity contribution is -0.138. The zero-order valence-electron chi connectivity index (χ0n) is 26.0. The van der Waals surface area contributed by atoms with E-state index in [1.165, 1.54) is 11.3 Å². The Morgan fingerprint density at radius 1 is 0.979 bits per heavy atom. The van der Waals surface area contributed by atoms with Gasteiger partial charge in [0, 0.05) is 44.8 Å². The van der Waals surface area contributed by atoms with Crippen LogP contribution in [0.4, 0.5) is 0 Å². The predicted molar refractivity (Wildman–Crippen MR) is 192 cm³/mol. The van der Waals surface area contributed by atoms with E-state index in [9.17, 15) is 9.59 Å². The Bertz CT molecular complexity index is 2390. The van der Waals surface area contributed by atoms with Crippen LogP contribution in [0.25, 0.3) is 22.7 Å². The molecule has 0 spiro atoms. The smallest absolute Gasteiger partial charge is 0.338 e. The third-order valence-corrected chi connectivity index (χ3v) is 9.84. The molecule has 1 aliphatic rings. The standard InChI is InChI=1S/C38H29Cl2N3O4S/c1-3-47-37(45)33-34(23-9-5-4-6-10-23)41-38-43(35(33)24-14-17-28(46-2)18-15-24)36(44)32(48-38)19-26-22-42(31-12-8-7-11-29(26)31)21-25-13-16-27(39)20-30(25)40/h4-20,22,35H,3,21H2,1-2H3/b32-19-/t35-/m0/s1. The summed E-state index contributed by atoms with van der Waals surface area (Å²) < 4.78 is 15.2. The summed E-state index contributed by atoms with van der Waals surface area (Å²) in [5.41, 5.74) is 4.78. The normalized spacial score (nSPS) is 14.6. The van der Waals surface area contributed by atoms with E-state index in [1.807, 2.05) is 103 Å². The van der Waals surface area contributed by atoms with E-state index in [2.05, 4.69) is 4.57 Å². The van der Waals surface area contributed by atoms with Gasteiger partial charge in [0.1, 0.15) is 5.75 Å². The van der Waals surface area contributed by atoms with Gasteiger partial charge in [0.25, 0.3) is 5.56 Å². The molecule has 48 heavy (non-hydrogen) atoms. The van der Waals surface area contributed by atoms with E-state index in [-0.39, 0.29) is 12.2 Å². The average molecular weight is 695 g/mol. The van der Waals surface area contributed by atoms with E-state index in [0.717, 1.165) is 33.2 Å². The van der Waals surface area contributed by atoms with Crippen molar-refractivity contribution in [1.29, 1.82) is 0 Å². The van der Waals surface area contributed by atoms with Crippen LogP contribution in [0.5, 0.6) is 5.75 Å². The van der Waals surface area contributed by atoms with Crippen LogP contribution in [0.2, 0.25) is 10.0 Å². The summed E-state index contributed by atoms with van der Waals surface area (Å²) >= 11 is 14.0. The third-order valence-electron chi connectivity index (χ3n) is 8.27. The van der Waals surface area contributed by atoms with Gasteiger partial charge in [-0.25, -0.2) is 9.79 Å². The number of carbonyl (C=O) groups excluding carboxylic acids is 1. The molecule has 10 heteroatoms. The minimum Gasteiger partial charge on any atom is -0.497 e. The molecule has 1 atom stereocenters. The number of hydrogen-bond acceptors (Lipinski definition) is 6. The molecule has 0 N–H and O–H groups in total. The molecule has 4 aromatic carbocycles. The van der Waals surface area contributed by atoms with Crippen LogP contribution in [0.1, 0.15) is 35.2 Å². The Morgan fingerprint density at radius 2 is 1.73 bits per heavy atom. The van der Waals surface area contributed by atoms with Gasteiger partial charge in [-0.05, 0) is 54.5 Å². The fraction of sp³-hybridized carbons (Fsp3) is 0.132. The molecule has 7 rings (SSSR count). The van der Waals surface area contributed by atoms with Gasteiger partial charge in [-0.1, -0.05) is 101 Å². The zero-order chi connectivity index (χ0) is 33.4. The molecular formula is C38H29Cl2N3O4S. The second-order valence-electron chi connectivity index (χ2n) is 11.2. The van der Waals surface area contributed by atoms with Crippen molar-refractivity contribution in [2.75, 3.05) is 13.7 Å². The third kappa shape index (κ3) is 5.87. The fourth-order valence-corrected chi connectivity index (χ4v) is 7.50. The zero-order valence-corrected chi connectivity index (χ0v) is 28.4. The van der Waals surface area contributed by atoms with Crippen molar-refractivity contribution in [1.82, 2.24) is 9.13 Å². The van der Waals surface area contributed by atoms with Crippen molar-refractivity contribution in [2.45, 2.75) is 19.5 Å². The maximum atomic E-state index is 14.5. The molecule has 240 valence electrons. The predicted octanol–water partition coefficient (Wildman–Crippen LogP) is 7.25. The molecule has 6 aromatic rings. The molecule has 0 saturated heterocycles. The van der Waals surface area contributed by atoms with E-state index >= 15 is 0 Å². The van der Waals surface area contributed by atoms with Crippen LogP contribution in [-0.4, -0.2) is 28.8 Å². The Hall–Kier alpha value is -4.89. The van der Waals surface area contributed by atoms with Crippen LogP contribution in [0.3, 0.4) is 0 Å². The lowest BCUT2D eigenvalue weighted by atomic mass is 9.93. The van der Waals surface area contributed by atoms with E-state index in [1.54, 1.807) is 24.7 Å². The molecule has 0 aliphatic carbocycles. The Balaban J connectivity index is 1.44. The number of benzene rings is 4. The van der Waals surface area contributed by atoms with Gasteiger partial charge in [0.15, 0.2) is 4.80 Å². The average Bonchev–Trinajstić information content (AvgIpc) is 3.61. The molecule has 0 radical (unpaired) electrons. The maximum Gasteiger partial charge on any atom is 0.338 e. The number of fused-ring (bicyclic) bond motifs is 2. The minimum atomic E-state index is -0.781. The first-order valence-corrected chi connectivity index (χ1v) is 16.9. The summed E-state index contributed by atoms with van der Waals surface area (Å²) in [5, 5.41) is 2.14. The van der Waals surface area contributed by atoms with Crippen molar-refractivity contribution in [3.8, 4) is 5.75 Å². The molecule has 3 heterocycles. The number of nitrogens with zero attached hydrogens (tertiary/aromatic N) is 3. The molecule has 0 unspecified atom stereocenters. The van der Waals surface area contributed by atoms with Crippen LogP contribution >= 0.6 is 34.5 Å². The second kappa shape index (κ2) is 13.3. The van der Waals surface area contributed by atoms with Crippen molar-refractivity contribution in [3.05, 3.63) is 161 Å². The first-order valence-electron chi connectivity index (χ1n) is 15.3. The van der Waals surface area contributed by atoms with Crippen molar-refractivity contribution in [3.63, 3.8) is 0 Å². The van der Waals surface area contributed by atoms with Gasteiger partial charge < -0.3 is 14.0 Å². The van der Waals surface area contributed by atoms with Gasteiger partial charge in [-0.3, -0.25) is 9.36 Å². The van der Waals surface area contributed by atoms with Crippen molar-refractivity contribution >= 4 is 63.2 Å². The maximum absolute atomic E-state index is 14.5. The lowest BCUT2D eigenvalue weighted by Gasteiger charge is -2.26. The first kappa shape index (κ1) is 31.7. The summed E-state index contributed by atoms with van der Waals surface area (Å²) in [6, 6.07) is 29.6. The molecule has 0 bridgehead atoms. The van der Waals surface area contributed by atoms with Crippen LogP contribution < -0.4 is 19.6 Å². The number of carbonyl (C=O) groups is 1. The number of thiazole rings is 1. The van der Waals surface area contributed by atoms with Gasteiger partial charge in [-0.2, -0.15) is 0 Å². The highest BCUT2D eigenvalue weighted by atomic mass is 35.5. The number of halogens is 2. The number of methoxy groups -OCH3 is 1. The summed E-state index contributed by atoms with van der Waals surface area (Å²) in [4.78, 5) is 33.6. The summed E-state index contributed by atoms with van der Waals surface area (Å²) in [6.45, 7) is 2.46. The highest BCUT2D eigenvalue weighted by Gasteiger charge is 2.35. The molecule has 7 nitrogen and oxygen atoms in total. The first-order chi connectivity index (χ1) is 23.4. The number of para-hydroxylation sites is 1. The second-order valence-corrected chi connectivity index (χ2v) is 13.0. The lowest BCUT2D eigenvalue weighted by Crippen LogP contribution is -2.40. The monoisotopic (exact) mass is 693 g/mol. The minimum absolute atomic E-state index is 0.176. The van der Waals surface area contributed by atoms with Gasteiger partial charge in [0.2, 0.25) is 0 Å². The topological polar surface area (TPSA) is 74.8 Å². The fourth-order valence-electron chi connectivity index (χ4n) is 6.04. The van der Waals surface area contributed by atoms with E-state index in [0.29, 0.717) is 42.9 Å². The molecular weight excluding hydrogens is 665 g/mol. The quantitative estimate of drug-likeness (QED) is 0.157. The van der Waals surface area contributed by atoms with Crippen molar-refractivity contribution in [2.24, 2.45) is 4.99 Å². The molecule has 1 aliphatic heterocycles. The van der Waals surface area contributed by atoms with E-state index in [4.69, 9.17) is 37.7 Å². The highest BCUT2D eigenvalue weighted by molar-refractivity contribution is 7.07. The molecule has 0 saturated carbocycles. The summed E-state index contributed by atoms with van der Waals surface area (Å²) in [5.74, 6) is 0.131. The Labute approximate surface area is 290 Å². The Morgan fingerprint density at radius 3 is 2.46 bits per heavy atom. The van der Waals surface area contributed by atoms with E-state index < -0.39 is 12.0 Å². The number of ether oxygens (including phenoxy) is 2. The summed E-state index contributed by atoms with van der Waals surface area (Å²) in [6.07, 6.45) is 3.92. The number of esters is 1. The molecule has 0 amide bonds. The number of hydrogen-bond donors (Lipinski definition) is 0. The van der Waals surface area contributed by atoms with Crippen LogP contribution in [0.15, 0.2) is 119 Å². The largest absolute Gasteiger partial charge is 0.497 e. The number of rotatable bonds is 8. The highest BCUT2D eigenvalue weighted by Crippen LogP contribution is 2.36. The van der Waals surface area contributed by atoms with Gasteiger partial charge >= 0.3 is 5.97 Å². The molecule has 2 aromatic heterocycles. The SMILES string of the molecule is CCOC(=O)C1=C(c2ccccc2)N=c2s/c(=C\c3cn(Cc4ccc(Cl)cc4Cl)c4ccccc34)c(=O)n2[C@H]1c1ccc(OC)cc1. The van der Waals surface area contributed by atoms with Gasteiger partial charge in [-0.15, -0.1) is 0 Å². The van der Waals surface area contributed by atoms with Crippen LogP contribution in [0, 0.1) is 0 Å². The van der Waals surface area contributed by atoms with Gasteiger partial charge in [0.05, 0.1) is 35.6 Å². The van der Waals surface area contributed by atoms with Crippen LogP contribution in [-0.2, 0) is 16.1 Å². The van der Waals surface area contributed by atoms with Crippen molar-refractivity contribution < 1.29 is 14.3 Å². The number of aromatic nitrogens is 2. The molecule has 0 fully saturated rings.